The van der Waals surface area contributed by atoms with E-state index in [2.05, 4.69) is 25.9 Å². The van der Waals surface area contributed by atoms with Gasteiger partial charge in [-0.15, -0.1) is 0 Å². The van der Waals surface area contributed by atoms with Gasteiger partial charge in [-0.1, -0.05) is 26.8 Å². The number of benzene rings is 1. The fourth-order valence-electron chi connectivity index (χ4n) is 4.06. The number of aromatic nitrogens is 2. The average molecular weight is 627 g/mol. The number of ether oxygens (including phenoxy) is 1. The molecule has 3 aromatic rings. The third-order valence-corrected chi connectivity index (χ3v) is 6.46. The van der Waals surface area contributed by atoms with Gasteiger partial charge in [0.2, 0.25) is 5.88 Å². The molecule has 0 aliphatic carbocycles. The van der Waals surface area contributed by atoms with Crippen LogP contribution in [0, 0.1) is 18.6 Å². The van der Waals surface area contributed by atoms with Crippen LogP contribution in [-0.4, -0.2) is 47.2 Å². The van der Waals surface area contributed by atoms with Crippen LogP contribution in [0.5, 0.6) is 5.88 Å². The maximum atomic E-state index is 16.4. The van der Waals surface area contributed by atoms with Crippen molar-refractivity contribution in [2.24, 2.45) is 0 Å². The Morgan fingerprint density at radius 2 is 1.84 bits per heavy atom. The molecule has 1 aromatic carbocycles. The molecule has 3 rings (SSSR count). The van der Waals surface area contributed by atoms with E-state index < -0.39 is 69.5 Å². The first-order valence-electron chi connectivity index (χ1n) is 14.1. The van der Waals surface area contributed by atoms with E-state index in [1.165, 1.54) is 12.3 Å². The predicted molar refractivity (Wildman–Crippen MR) is 159 cm³/mol. The molecule has 2 aromatic heterocycles. The van der Waals surface area contributed by atoms with E-state index in [0.717, 1.165) is 6.92 Å². The number of halogens is 5. The number of carbonyl (C=O) groups excluding carboxylic acids is 1. The molecule has 0 bridgehead atoms. The number of aliphatic hydroxyl groups is 1. The number of pyridine rings is 2. The Labute approximate surface area is 253 Å². The smallest absolute Gasteiger partial charge is 0.417 e. The maximum absolute atomic E-state index is 16.4. The van der Waals surface area contributed by atoms with Crippen molar-refractivity contribution in [2.75, 3.05) is 31.2 Å². The summed E-state index contributed by atoms with van der Waals surface area (Å²) < 4.78 is 79.4. The number of nitrogen functional groups attached to an aromatic ring is 1. The van der Waals surface area contributed by atoms with Gasteiger partial charge in [0.25, 0.3) is 5.91 Å². The Morgan fingerprint density at radius 1 is 1.16 bits per heavy atom. The Balaban J connectivity index is 0.00000330. The van der Waals surface area contributed by atoms with Gasteiger partial charge in [-0.05, 0) is 50.6 Å². The van der Waals surface area contributed by atoms with Crippen molar-refractivity contribution in [3.05, 3.63) is 64.0 Å². The minimum Gasteiger partial charge on any atom is -0.474 e. The fraction of sp³-hybridized carbons (Fsp3) is 0.433. The number of alkyl halides is 3. The summed E-state index contributed by atoms with van der Waals surface area (Å²) in [6.07, 6.45) is -3.83. The molecule has 14 heteroatoms. The second kappa shape index (κ2) is 16.1. The molecule has 2 heterocycles. The van der Waals surface area contributed by atoms with E-state index in [1.807, 2.05) is 13.8 Å². The first kappa shape index (κ1) is 36.2. The van der Waals surface area contributed by atoms with Gasteiger partial charge in [0.05, 0.1) is 35.3 Å². The number of anilines is 2. The van der Waals surface area contributed by atoms with Crippen molar-refractivity contribution in [3.8, 4) is 17.1 Å². The third-order valence-electron chi connectivity index (χ3n) is 6.46. The number of hydrogen-bond donors (Lipinski definition) is 5. The largest absolute Gasteiger partial charge is 0.474 e. The van der Waals surface area contributed by atoms with Crippen LogP contribution < -0.4 is 26.4 Å². The predicted octanol–water partition coefficient (Wildman–Crippen LogP) is 5.59. The lowest BCUT2D eigenvalue weighted by molar-refractivity contribution is -0.137. The van der Waals surface area contributed by atoms with Crippen molar-refractivity contribution in [3.63, 3.8) is 0 Å². The van der Waals surface area contributed by atoms with Crippen LogP contribution in [0.2, 0.25) is 0 Å². The zero-order valence-electron chi connectivity index (χ0n) is 25.5. The number of nitrogens with zero attached hydrogens (tertiary/aromatic N) is 2. The van der Waals surface area contributed by atoms with E-state index >= 15 is 4.39 Å². The lowest BCUT2D eigenvalue weighted by Crippen LogP contribution is -2.32. The van der Waals surface area contributed by atoms with E-state index in [9.17, 15) is 27.5 Å². The molecular weight excluding hydrogens is 587 g/mol. The number of rotatable bonds is 12. The normalized spacial score (nSPS) is 11.8. The number of nitrogens with two attached hydrogens (primary N) is 1. The van der Waals surface area contributed by atoms with Crippen molar-refractivity contribution in [1.82, 2.24) is 20.6 Å². The van der Waals surface area contributed by atoms with Crippen LogP contribution in [0.3, 0.4) is 0 Å². The highest BCUT2D eigenvalue weighted by molar-refractivity contribution is 6.03. The van der Waals surface area contributed by atoms with Crippen molar-refractivity contribution in [2.45, 2.75) is 66.5 Å². The van der Waals surface area contributed by atoms with Crippen LogP contribution in [-0.2, 0) is 19.3 Å². The lowest BCUT2D eigenvalue weighted by Gasteiger charge is -2.23. The summed E-state index contributed by atoms with van der Waals surface area (Å²) in [6.45, 7) is 8.40. The summed E-state index contributed by atoms with van der Waals surface area (Å²) in [5.74, 6) is -3.81. The Bertz CT molecular complexity index is 1420. The summed E-state index contributed by atoms with van der Waals surface area (Å²) in [6, 6.07) is 3.80. The number of nitrogens with one attached hydrogen (secondary N) is 3. The van der Waals surface area contributed by atoms with Gasteiger partial charge in [-0.25, -0.2) is 13.8 Å². The summed E-state index contributed by atoms with van der Waals surface area (Å²) >= 11 is 0. The first-order valence-corrected chi connectivity index (χ1v) is 14.1. The van der Waals surface area contributed by atoms with Crippen LogP contribution in [0.1, 0.15) is 66.9 Å². The molecule has 242 valence electrons. The number of likely N-dealkylation sites (N-methyl/N-ethyl adjacent to an activating group) is 1. The van der Waals surface area contributed by atoms with Crippen molar-refractivity contribution >= 4 is 17.3 Å². The van der Waals surface area contributed by atoms with Gasteiger partial charge in [-0.2, -0.15) is 13.2 Å². The van der Waals surface area contributed by atoms with Crippen LogP contribution in [0.4, 0.5) is 33.3 Å². The van der Waals surface area contributed by atoms with Gasteiger partial charge in [0.15, 0.2) is 5.82 Å². The van der Waals surface area contributed by atoms with Gasteiger partial charge in [-0.3, -0.25) is 9.78 Å². The van der Waals surface area contributed by atoms with Gasteiger partial charge in [0.1, 0.15) is 17.1 Å². The molecule has 0 saturated heterocycles. The molecule has 1 atom stereocenters. The summed E-state index contributed by atoms with van der Waals surface area (Å²) in [4.78, 5) is 21.5. The zero-order valence-corrected chi connectivity index (χ0v) is 25.5. The first-order chi connectivity index (χ1) is 20.8. The monoisotopic (exact) mass is 626 g/mol. The molecule has 0 fully saturated rings. The molecule has 6 N–H and O–H groups in total. The minimum atomic E-state index is -5.10. The lowest BCUT2D eigenvalue weighted by atomic mass is 9.95. The highest BCUT2D eigenvalue weighted by Crippen LogP contribution is 2.44. The highest BCUT2D eigenvalue weighted by atomic mass is 19.4. The van der Waals surface area contributed by atoms with Crippen molar-refractivity contribution < 1.29 is 36.6 Å². The number of carbonyl (C=O) groups is 1. The number of hydrogen-bond acceptors (Lipinski definition) is 8. The standard InChI is InChI=1S/C28H33F5N6O3.C2H6/c1-5-14(2)42-27-20(26(41)36-9-8-35-4)25(38-12-16-6-7-17(13-40)37-11-16)23(30)24(39-27)18-10-19(34)22(29)15(3)21(18)28(31,32)33;1-2/h6-7,10-11,14,35,40H,5,8-9,12-13,34H2,1-4H3,(H,36,41)(H,38,39);1-2H3. The molecule has 0 saturated carbocycles. The second-order valence-electron chi connectivity index (χ2n) is 9.52. The Morgan fingerprint density at radius 3 is 2.39 bits per heavy atom. The van der Waals surface area contributed by atoms with Crippen LogP contribution >= 0.6 is 0 Å². The number of amides is 1. The average Bonchev–Trinajstić information content (AvgIpc) is 3.00. The Kier molecular flexibility index (Phi) is 13.3. The van der Waals surface area contributed by atoms with E-state index in [-0.39, 0.29) is 25.3 Å². The van der Waals surface area contributed by atoms with E-state index in [1.54, 1.807) is 27.0 Å². The van der Waals surface area contributed by atoms with Gasteiger partial charge >= 0.3 is 6.18 Å². The quantitative estimate of drug-likeness (QED) is 0.0999. The summed E-state index contributed by atoms with van der Waals surface area (Å²) in [7, 11) is 1.66. The minimum absolute atomic E-state index is 0.116. The second-order valence-corrected chi connectivity index (χ2v) is 9.52. The third kappa shape index (κ3) is 8.53. The molecule has 0 aliphatic rings. The topological polar surface area (TPSA) is 134 Å². The molecule has 0 spiro atoms. The molecular formula is C30H39F5N6O3. The van der Waals surface area contributed by atoms with Crippen molar-refractivity contribution in [1.29, 1.82) is 0 Å². The molecule has 9 nitrogen and oxygen atoms in total. The Hall–Kier alpha value is -4.04. The zero-order chi connectivity index (χ0) is 33.2. The maximum Gasteiger partial charge on any atom is 0.417 e. The summed E-state index contributed by atoms with van der Waals surface area (Å²) in [5.41, 5.74) is 1.12. The molecule has 0 radical (unpaired) electrons. The van der Waals surface area contributed by atoms with Gasteiger partial charge in [0, 0.05) is 31.4 Å². The summed E-state index contributed by atoms with van der Waals surface area (Å²) in [5, 5.41) is 17.5. The molecule has 44 heavy (non-hydrogen) atoms. The SMILES string of the molecule is CC.CCC(C)Oc1nc(-c2cc(N)c(F)c(C)c2C(F)(F)F)c(F)c(NCc2ccc(CO)nc2)c1C(=O)NCCNC. The molecule has 1 unspecified atom stereocenters. The van der Waals surface area contributed by atoms with Gasteiger partial charge < -0.3 is 31.5 Å². The molecule has 1 amide bonds. The highest BCUT2D eigenvalue weighted by Gasteiger charge is 2.39. The van der Waals surface area contributed by atoms with E-state index in [0.29, 0.717) is 30.3 Å². The van der Waals surface area contributed by atoms with Crippen LogP contribution in [0.25, 0.3) is 11.3 Å². The van der Waals surface area contributed by atoms with Crippen LogP contribution in [0.15, 0.2) is 24.4 Å². The fourth-order valence-corrected chi connectivity index (χ4v) is 4.06. The number of aliphatic hydroxyl groups excluding tert-OH is 1. The molecule has 0 aliphatic heterocycles. The van der Waals surface area contributed by atoms with E-state index in [4.69, 9.17) is 10.5 Å².